The molecule has 220 valence electrons. The third-order valence-electron chi connectivity index (χ3n) is 8.45. The van der Waals surface area contributed by atoms with Gasteiger partial charge in [-0.15, -0.1) is 11.3 Å². The zero-order chi connectivity index (χ0) is 31.4. The molecule has 1 spiro atoms. The van der Waals surface area contributed by atoms with Crippen molar-refractivity contribution in [3.63, 3.8) is 0 Å². The van der Waals surface area contributed by atoms with Crippen LogP contribution in [-0.2, 0) is 11.8 Å². The number of methoxy groups -OCH3 is 1. The second-order valence-electron chi connectivity index (χ2n) is 10.7. The standard InChI is InChI=1S/C31H19BrN2O9S/c1-10-33-12(9-44-10)4-3-11-7-14-17(30(42)34-11)27(39)22-13(23(14)32)5-6-31(22)28(40)20-21(29(31)41)26(38)19-18(25(20)37)15(35)8-16(43-2)24(19)36/h3-4,7-9,39-41H,5-6H2,1-2H3,(H,34,42)/b4-3+. The number of halogens is 1. The Morgan fingerprint density at radius 3 is 2.30 bits per heavy atom. The summed E-state index contributed by atoms with van der Waals surface area (Å²) in [6.45, 7) is 1.87. The molecule has 0 fully saturated rings. The number of rotatable bonds is 3. The Morgan fingerprint density at radius 1 is 0.977 bits per heavy atom. The Bertz CT molecular complexity index is 2670. The predicted octanol–water partition coefficient (Wildman–Crippen LogP) is 1.21. The summed E-state index contributed by atoms with van der Waals surface area (Å²) in [5, 5.41) is 35.0. The zero-order valence-electron chi connectivity index (χ0n) is 22.8. The van der Waals surface area contributed by atoms with Crippen molar-refractivity contribution in [3.05, 3.63) is 122 Å². The summed E-state index contributed by atoms with van der Waals surface area (Å²) in [5.74, 6) is -2.53. The molecule has 1 unspecified atom stereocenters. The van der Waals surface area contributed by atoms with Crippen molar-refractivity contribution < 1.29 is 20.1 Å². The molecular weight excluding hydrogens is 656 g/mol. The molecule has 4 aliphatic carbocycles. The molecule has 0 aliphatic heterocycles. The van der Waals surface area contributed by atoms with Gasteiger partial charge in [0.15, 0.2) is 11.2 Å². The molecule has 0 bridgehead atoms. The first-order valence-corrected chi connectivity index (χ1v) is 14.9. The van der Waals surface area contributed by atoms with Gasteiger partial charge in [0.05, 0.1) is 44.1 Å². The number of thiazole rings is 1. The predicted molar refractivity (Wildman–Crippen MR) is 167 cm³/mol. The number of aromatic amines is 1. The van der Waals surface area contributed by atoms with E-state index in [2.05, 4.69) is 25.9 Å². The summed E-state index contributed by atoms with van der Waals surface area (Å²) in [7, 11) is 1.12. The summed E-state index contributed by atoms with van der Waals surface area (Å²) in [6.07, 6.45) is 3.44. The third-order valence-corrected chi connectivity index (χ3v) is 10.1. The number of benzene rings is 1. The smallest absolute Gasteiger partial charge is 0.260 e. The summed E-state index contributed by atoms with van der Waals surface area (Å²) >= 11 is 5.02. The second-order valence-corrected chi connectivity index (χ2v) is 12.5. The van der Waals surface area contributed by atoms with Crippen LogP contribution in [0.15, 0.2) is 46.0 Å². The Balaban J connectivity index is 1.55. The summed E-state index contributed by atoms with van der Waals surface area (Å²) in [6, 6.07) is 2.44. The highest BCUT2D eigenvalue weighted by atomic mass is 79.9. The molecule has 13 heteroatoms. The molecule has 0 saturated carbocycles. The Hall–Kier alpha value is -4.88. The first kappa shape index (κ1) is 27.9. The van der Waals surface area contributed by atoms with Crippen molar-refractivity contribution in [1.82, 2.24) is 9.97 Å². The molecule has 3 aromatic rings. The number of fused-ring (bicyclic) bond motifs is 4. The summed E-state index contributed by atoms with van der Waals surface area (Å²) < 4.78 is 5.31. The van der Waals surface area contributed by atoms with E-state index in [-0.39, 0.29) is 23.8 Å². The number of nitrogens with one attached hydrogen (secondary N) is 1. The molecule has 1 atom stereocenters. The number of phenolic OH excluding ortho intramolecular Hbond substituents is 1. The SMILES string of the molecule is COc1cc(=O)c2c(=O)c3c(c(=O)c=2c1=O)=C(O)C1(CCc2c1c(O)c1c(=O)[nH]c(/C=C/c4csc(C)n4)cc1c2Br)C=3O. The average Bonchev–Trinajstić information content (AvgIpc) is 3.66. The Morgan fingerprint density at radius 2 is 1.66 bits per heavy atom. The number of ether oxygens (including phenoxy) is 1. The Labute approximate surface area is 256 Å². The summed E-state index contributed by atoms with van der Waals surface area (Å²) in [5.41, 5.74) is -5.38. The fourth-order valence-corrected chi connectivity index (χ4v) is 7.82. The first-order chi connectivity index (χ1) is 20.9. The lowest BCUT2D eigenvalue weighted by atomic mass is 9.78. The fraction of sp³-hybridized carbons (Fsp3) is 0.161. The molecule has 4 N–H and O–H groups in total. The monoisotopic (exact) mass is 674 g/mol. The van der Waals surface area contributed by atoms with Crippen molar-refractivity contribution in [2.75, 3.05) is 7.11 Å². The van der Waals surface area contributed by atoms with Crippen LogP contribution in [0, 0.1) is 17.4 Å². The van der Waals surface area contributed by atoms with E-state index in [4.69, 9.17) is 4.74 Å². The number of nitrogens with zero attached hydrogens (tertiary/aromatic N) is 1. The third kappa shape index (κ3) is 3.41. The van der Waals surface area contributed by atoms with Crippen LogP contribution in [0.2, 0.25) is 0 Å². The maximum absolute atomic E-state index is 13.7. The van der Waals surface area contributed by atoms with Gasteiger partial charge in [-0.05, 0) is 59.5 Å². The number of aryl methyl sites for hydroxylation is 1. The van der Waals surface area contributed by atoms with E-state index >= 15 is 0 Å². The number of aliphatic hydroxyl groups is 2. The number of aliphatic hydroxyl groups excluding tert-OH is 2. The van der Waals surface area contributed by atoms with Gasteiger partial charge in [-0.2, -0.15) is 0 Å². The van der Waals surface area contributed by atoms with Gasteiger partial charge in [-0.3, -0.25) is 24.0 Å². The number of aromatic hydroxyl groups is 1. The van der Waals surface area contributed by atoms with Crippen LogP contribution in [0.25, 0.3) is 34.4 Å². The van der Waals surface area contributed by atoms with Crippen LogP contribution in [0.1, 0.15) is 33.9 Å². The number of H-pyrrole nitrogens is 1. The molecule has 4 aliphatic rings. The number of aromatic nitrogens is 2. The van der Waals surface area contributed by atoms with Crippen molar-refractivity contribution >= 4 is 61.7 Å². The van der Waals surface area contributed by atoms with Gasteiger partial charge in [0.25, 0.3) is 5.56 Å². The van der Waals surface area contributed by atoms with Crippen LogP contribution in [-0.4, -0.2) is 32.4 Å². The molecule has 11 nitrogen and oxygen atoms in total. The van der Waals surface area contributed by atoms with E-state index in [0.717, 1.165) is 18.2 Å². The maximum atomic E-state index is 13.7. The fourth-order valence-electron chi connectivity index (χ4n) is 6.53. The van der Waals surface area contributed by atoms with Gasteiger partial charge >= 0.3 is 0 Å². The van der Waals surface area contributed by atoms with Gasteiger partial charge in [-0.1, -0.05) is 0 Å². The highest BCUT2D eigenvalue weighted by Gasteiger charge is 2.53. The van der Waals surface area contributed by atoms with E-state index in [1.54, 1.807) is 18.2 Å². The van der Waals surface area contributed by atoms with Gasteiger partial charge in [0.2, 0.25) is 16.3 Å². The van der Waals surface area contributed by atoms with Crippen LogP contribution in [0.3, 0.4) is 0 Å². The van der Waals surface area contributed by atoms with Gasteiger partial charge in [0.1, 0.15) is 22.7 Å². The van der Waals surface area contributed by atoms with E-state index < -0.39 is 76.6 Å². The van der Waals surface area contributed by atoms with E-state index in [1.165, 1.54) is 11.3 Å². The van der Waals surface area contributed by atoms with Crippen molar-refractivity contribution in [2.24, 2.45) is 0 Å². The molecular formula is C31H19BrN2O9S. The molecule has 0 radical (unpaired) electrons. The van der Waals surface area contributed by atoms with Crippen LogP contribution >= 0.6 is 27.3 Å². The number of hydrogen-bond donors (Lipinski definition) is 4. The molecule has 0 saturated heterocycles. The molecule has 7 rings (SSSR count). The minimum Gasteiger partial charge on any atom is -0.510 e. The van der Waals surface area contributed by atoms with E-state index in [9.17, 15) is 39.3 Å². The first-order valence-electron chi connectivity index (χ1n) is 13.2. The van der Waals surface area contributed by atoms with Crippen molar-refractivity contribution in [1.29, 1.82) is 0 Å². The minimum atomic E-state index is -1.99. The highest BCUT2D eigenvalue weighted by molar-refractivity contribution is 9.10. The molecule has 0 amide bonds. The minimum absolute atomic E-state index is 0.0695. The topological polar surface area (TPSA) is 184 Å². The van der Waals surface area contributed by atoms with Crippen molar-refractivity contribution in [2.45, 2.75) is 25.2 Å². The van der Waals surface area contributed by atoms with Gasteiger partial charge in [-0.25, -0.2) is 4.98 Å². The van der Waals surface area contributed by atoms with Gasteiger partial charge in [0, 0.05) is 32.6 Å². The lowest BCUT2D eigenvalue weighted by Crippen LogP contribution is -2.51. The van der Waals surface area contributed by atoms with Gasteiger partial charge < -0.3 is 25.0 Å². The Kier molecular flexibility index (Phi) is 5.91. The van der Waals surface area contributed by atoms with E-state index in [1.807, 2.05) is 12.3 Å². The second kappa shape index (κ2) is 9.31. The molecule has 44 heavy (non-hydrogen) atoms. The van der Waals surface area contributed by atoms with Crippen LogP contribution in [0.5, 0.6) is 11.5 Å². The molecule has 2 aromatic heterocycles. The highest BCUT2D eigenvalue weighted by Crippen LogP contribution is 2.56. The van der Waals surface area contributed by atoms with Crippen LogP contribution in [0.4, 0.5) is 0 Å². The molecule has 1 aromatic carbocycles. The average molecular weight is 675 g/mol. The number of phenols is 1. The molecule has 2 heterocycles. The summed E-state index contributed by atoms with van der Waals surface area (Å²) in [4.78, 5) is 73.5. The van der Waals surface area contributed by atoms with Crippen molar-refractivity contribution in [3.8, 4) is 11.5 Å². The zero-order valence-corrected chi connectivity index (χ0v) is 25.2. The van der Waals surface area contributed by atoms with E-state index in [0.29, 0.717) is 26.8 Å². The lowest BCUT2D eigenvalue weighted by molar-refractivity contribution is 0.362. The van der Waals surface area contributed by atoms with Crippen LogP contribution < -0.4 is 42.4 Å². The lowest BCUT2D eigenvalue weighted by Gasteiger charge is -2.27. The maximum Gasteiger partial charge on any atom is 0.260 e. The largest absolute Gasteiger partial charge is 0.510 e. The number of hydrogen-bond acceptors (Lipinski definition) is 11. The number of pyridine rings is 1. The quantitative estimate of drug-likeness (QED) is 0.217. The normalized spacial score (nSPS) is 17.4.